The first-order chi connectivity index (χ1) is 9.02. The van der Waals surface area contributed by atoms with Gasteiger partial charge in [0.1, 0.15) is 0 Å². The number of aromatic nitrogens is 2. The largest absolute Gasteiger partial charge is 0.479 e. The van der Waals surface area contributed by atoms with Crippen molar-refractivity contribution in [3.05, 3.63) is 54.1 Å². The number of aliphatic carboxylic acids is 1. The van der Waals surface area contributed by atoms with Gasteiger partial charge < -0.3 is 10.4 Å². The Morgan fingerprint density at radius 2 is 2.16 bits per heavy atom. The van der Waals surface area contributed by atoms with Crippen LogP contribution in [-0.4, -0.2) is 21.0 Å². The number of anilines is 1. The molecular weight excluding hydrogens is 242 g/mol. The number of carbonyl (C=O) groups is 1. The highest BCUT2D eigenvalue weighted by Crippen LogP contribution is 2.25. The highest BCUT2D eigenvalue weighted by atomic mass is 16.4. The van der Waals surface area contributed by atoms with E-state index in [1.165, 1.54) is 18.6 Å². The normalized spacial score (nSPS) is 13.6. The van der Waals surface area contributed by atoms with Crippen LogP contribution >= 0.6 is 0 Å². The van der Waals surface area contributed by atoms with Gasteiger partial charge in [-0.1, -0.05) is 12.1 Å². The third-order valence-electron chi connectivity index (χ3n) is 2.92. The lowest BCUT2D eigenvalue weighted by atomic mass is 9.97. The van der Waals surface area contributed by atoms with Crippen molar-refractivity contribution in [1.29, 1.82) is 0 Å². The maximum absolute atomic E-state index is 11.6. The van der Waals surface area contributed by atoms with Gasteiger partial charge in [0.2, 0.25) is 0 Å². The molecule has 1 heterocycles. The first-order valence-electron chi connectivity index (χ1n) is 5.87. The smallest absolute Gasteiger partial charge is 0.335 e. The van der Waals surface area contributed by atoms with Crippen LogP contribution in [0.3, 0.4) is 0 Å². The van der Waals surface area contributed by atoms with Crippen molar-refractivity contribution in [2.24, 2.45) is 0 Å². The Bertz CT molecular complexity index is 586. The predicted molar refractivity (Wildman–Crippen MR) is 71.8 cm³/mol. The summed E-state index contributed by atoms with van der Waals surface area (Å²) in [4.78, 5) is 19.6. The van der Waals surface area contributed by atoms with Crippen molar-refractivity contribution < 1.29 is 9.90 Å². The van der Waals surface area contributed by atoms with Gasteiger partial charge >= 0.3 is 5.97 Å². The lowest BCUT2D eigenvalue weighted by molar-refractivity contribution is -0.142. The zero-order valence-corrected chi connectivity index (χ0v) is 10.8. The molecule has 0 saturated carbocycles. The Balaban J connectivity index is 2.39. The Morgan fingerprint density at radius 3 is 2.74 bits per heavy atom. The van der Waals surface area contributed by atoms with Crippen molar-refractivity contribution in [2.45, 2.75) is 19.4 Å². The van der Waals surface area contributed by atoms with Crippen molar-refractivity contribution in [2.75, 3.05) is 5.32 Å². The topological polar surface area (TPSA) is 75.1 Å². The van der Waals surface area contributed by atoms with Gasteiger partial charge in [0.15, 0.2) is 5.54 Å². The van der Waals surface area contributed by atoms with Crippen LogP contribution in [0.15, 0.2) is 42.9 Å². The molecule has 2 N–H and O–H groups in total. The Kier molecular flexibility index (Phi) is 3.46. The van der Waals surface area contributed by atoms with Gasteiger partial charge in [-0.15, -0.1) is 0 Å². The summed E-state index contributed by atoms with van der Waals surface area (Å²) in [7, 11) is 0. The molecule has 5 heteroatoms. The summed E-state index contributed by atoms with van der Waals surface area (Å²) in [6, 6.07) is 7.53. The molecule has 1 aromatic carbocycles. The molecule has 1 aromatic heterocycles. The molecule has 2 rings (SSSR count). The Hall–Kier alpha value is -2.43. The van der Waals surface area contributed by atoms with Crippen LogP contribution in [0, 0.1) is 6.92 Å². The summed E-state index contributed by atoms with van der Waals surface area (Å²) >= 11 is 0. The van der Waals surface area contributed by atoms with Gasteiger partial charge in [-0.05, 0) is 31.5 Å². The number of carboxylic acids is 1. The average molecular weight is 257 g/mol. The minimum Gasteiger partial charge on any atom is -0.479 e. The third-order valence-corrected chi connectivity index (χ3v) is 2.92. The SMILES string of the molecule is Cc1cccc(NC(C)(C(=O)O)c2cnccn2)c1. The van der Waals surface area contributed by atoms with Gasteiger partial charge in [0.05, 0.1) is 11.9 Å². The highest BCUT2D eigenvalue weighted by molar-refractivity contribution is 5.83. The fourth-order valence-corrected chi connectivity index (χ4v) is 1.80. The lowest BCUT2D eigenvalue weighted by Crippen LogP contribution is -2.41. The van der Waals surface area contributed by atoms with Crippen LogP contribution in [0.1, 0.15) is 18.2 Å². The molecule has 0 bridgehead atoms. The van der Waals surface area contributed by atoms with Gasteiger partial charge in [0.25, 0.3) is 0 Å². The maximum Gasteiger partial charge on any atom is 0.335 e. The molecule has 0 spiro atoms. The van der Waals surface area contributed by atoms with Gasteiger partial charge in [-0.3, -0.25) is 9.97 Å². The molecule has 0 aliphatic heterocycles. The molecule has 0 radical (unpaired) electrons. The molecule has 0 saturated heterocycles. The van der Waals surface area contributed by atoms with Gasteiger partial charge in [-0.25, -0.2) is 4.79 Å². The molecule has 19 heavy (non-hydrogen) atoms. The summed E-state index contributed by atoms with van der Waals surface area (Å²) in [6.07, 6.45) is 4.45. The number of aryl methyl sites for hydroxylation is 1. The number of nitrogens with zero attached hydrogens (tertiary/aromatic N) is 2. The third kappa shape index (κ3) is 2.70. The second kappa shape index (κ2) is 5.06. The van der Waals surface area contributed by atoms with Crippen LogP contribution in [-0.2, 0) is 10.3 Å². The van der Waals surface area contributed by atoms with E-state index in [0.717, 1.165) is 11.3 Å². The lowest BCUT2D eigenvalue weighted by Gasteiger charge is -2.26. The molecule has 0 amide bonds. The number of nitrogens with one attached hydrogen (secondary N) is 1. The molecule has 98 valence electrons. The van der Waals surface area contributed by atoms with E-state index in [1.54, 1.807) is 6.92 Å². The van der Waals surface area contributed by atoms with E-state index in [-0.39, 0.29) is 0 Å². The van der Waals surface area contributed by atoms with Gasteiger partial charge in [-0.2, -0.15) is 0 Å². The van der Waals surface area contributed by atoms with Crippen molar-refractivity contribution in [1.82, 2.24) is 9.97 Å². The predicted octanol–water partition coefficient (Wildman–Crippen LogP) is 2.20. The first-order valence-corrected chi connectivity index (χ1v) is 5.87. The number of carboxylic acid groups (broad SMARTS) is 1. The van der Waals surface area contributed by atoms with E-state index in [4.69, 9.17) is 0 Å². The van der Waals surface area contributed by atoms with E-state index in [9.17, 15) is 9.90 Å². The van der Waals surface area contributed by atoms with Crippen LogP contribution in [0.4, 0.5) is 5.69 Å². The maximum atomic E-state index is 11.6. The molecule has 1 unspecified atom stereocenters. The monoisotopic (exact) mass is 257 g/mol. The van der Waals surface area contributed by atoms with Crippen LogP contribution in [0.2, 0.25) is 0 Å². The molecule has 0 aliphatic carbocycles. The average Bonchev–Trinajstić information content (AvgIpc) is 2.39. The number of benzene rings is 1. The van der Waals surface area contributed by atoms with E-state index >= 15 is 0 Å². The molecular formula is C14H15N3O2. The minimum atomic E-state index is -1.32. The van der Waals surface area contributed by atoms with Crippen molar-refractivity contribution in [3.8, 4) is 0 Å². The fraction of sp³-hybridized carbons (Fsp3) is 0.214. The zero-order valence-electron chi connectivity index (χ0n) is 10.8. The summed E-state index contributed by atoms with van der Waals surface area (Å²) in [5, 5.41) is 12.5. The van der Waals surface area contributed by atoms with E-state index < -0.39 is 11.5 Å². The molecule has 2 aromatic rings. The summed E-state index contributed by atoms with van der Waals surface area (Å²) in [5.74, 6) is -1.01. The second-order valence-electron chi connectivity index (χ2n) is 4.52. The minimum absolute atomic E-state index is 0.365. The standard InChI is InChI=1S/C14H15N3O2/c1-10-4-3-5-11(8-10)17-14(2,13(18)19)12-9-15-6-7-16-12/h3-9,17H,1-2H3,(H,18,19). The summed E-state index contributed by atoms with van der Waals surface area (Å²) < 4.78 is 0. The quantitative estimate of drug-likeness (QED) is 0.878. The second-order valence-corrected chi connectivity index (χ2v) is 4.52. The van der Waals surface area contributed by atoms with E-state index in [1.807, 2.05) is 31.2 Å². The molecule has 0 aliphatic rings. The summed E-state index contributed by atoms with van der Waals surface area (Å²) in [5.41, 5.74) is 0.832. The molecule has 0 fully saturated rings. The Labute approximate surface area is 111 Å². The molecule has 5 nitrogen and oxygen atoms in total. The van der Waals surface area contributed by atoms with Gasteiger partial charge in [0, 0.05) is 18.1 Å². The Morgan fingerprint density at radius 1 is 1.37 bits per heavy atom. The van der Waals surface area contributed by atoms with E-state index in [0.29, 0.717) is 5.69 Å². The first kappa shape index (κ1) is 13.0. The van der Waals surface area contributed by atoms with Crippen LogP contribution < -0.4 is 5.32 Å². The molecule has 1 atom stereocenters. The summed E-state index contributed by atoms with van der Waals surface area (Å²) in [6.45, 7) is 3.52. The van der Waals surface area contributed by atoms with Crippen molar-refractivity contribution in [3.63, 3.8) is 0 Å². The number of rotatable bonds is 4. The van der Waals surface area contributed by atoms with Crippen molar-refractivity contribution >= 4 is 11.7 Å². The number of hydrogen-bond donors (Lipinski definition) is 2. The fourth-order valence-electron chi connectivity index (χ4n) is 1.80. The zero-order chi connectivity index (χ0) is 13.9. The highest BCUT2D eigenvalue weighted by Gasteiger charge is 2.37. The number of hydrogen-bond acceptors (Lipinski definition) is 4. The van der Waals surface area contributed by atoms with Crippen LogP contribution in [0.25, 0.3) is 0 Å². The van der Waals surface area contributed by atoms with Crippen LogP contribution in [0.5, 0.6) is 0 Å². The van der Waals surface area contributed by atoms with E-state index in [2.05, 4.69) is 15.3 Å².